The third-order valence-corrected chi connectivity index (χ3v) is 3.36. The zero-order valence-corrected chi connectivity index (χ0v) is 10.7. The van der Waals surface area contributed by atoms with E-state index < -0.39 is 0 Å². The molecule has 0 saturated carbocycles. The summed E-state index contributed by atoms with van der Waals surface area (Å²) in [5.41, 5.74) is 5.09. The maximum absolute atomic E-state index is 2.50. The van der Waals surface area contributed by atoms with E-state index in [4.69, 9.17) is 0 Å². The molecule has 0 unspecified atom stereocenters. The molecule has 0 aliphatic heterocycles. The minimum absolute atomic E-state index is 1.23. The number of rotatable bonds is 6. The Bertz CT molecular complexity index is 243. The molecule has 0 aromatic rings. The molecule has 0 heterocycles. The molecule has 1 aliphatic rings. The van der Waals surface area contributed by atoms with Crippen LogP contribution in [-0.2, 0) is 0 Å². The van der Waals surface area contributed by atoms with Crippen LogP contribution < -0.4 is 0 Å². The van der Waals surface area contributed by atoms with Crippen molar-refractivity contribution < 1.29 is 0 Å². The fraction of sp³-hybridized carbons (Fsp3) is 0.733. The van der Waals surface area contributed by atoms with Crippen molar-refractivity contribution in [1.29, 1.82) is 0 Å². The summed E-state index contributed by atoms with van der Waals surface area (Å²) in [5.74, 6) is 0. The number of allylic oxidation sites excluding steroid dienone is 4. The second-order valence-corrected chi connectivity index (χ2v) is 4.64. The summed E-state index contributed by atoms with van der Waals surface area (Å²) in [6.07, 6.45) is 13.0. The van der Waals surface area contributed by atoms with Gasteiger partial charge in [-0.2, -0.15) is 0 Å². The Labute approximate surface area is 95.5 Å². The molecule has 0 aromatic carbocycles. The molecule has 0 amide bonds. The van der Waals surface area contributed by atoms with Gasteiger partial charge in [-0.1, -0.05) is 50.8 Å². The quantitative estimate of drug-likeness (QED) is 0.545. The van der Waals surface area contributed by atoms with Gasteiger partial charge in [-0.15, -0.1) is 0 Å². The lowest BCUT2D eigenvalue weighted by Crippen LogP contribution is -1.99. The van der Waals surface area contributed by atoms with Gasteiger partial charge in [0.05, 0.1) is 0 Å². The van der Waals surface area contributed by atoms with E-state index in [1.54, 1.807) is 16.7 Å². The third kappa shape index (κ3) is 3.85. The van der Waals surface area contributed by atoms with Crippen molar-refractivity contribution in [2.45, 2.75) is 72.1 Å². The molecule has 0 atom stereocenters. The molecule has 15 heavy (non-hydrogen) atoms. The van der Waals surface area contributed by atoms with Crippen LogP contribution >= 0.6 is 0 Å². The van der Waals surface area contributed by atoms with Gasteiger partial charge in [0.1, 0.15) is 0 Å². The maximum atomic E-state index is 2.50. The predicted octanol–water partition coefficient (Wildman–Crippen LogP) is 5.40. The Hall–Kier alpha value is -0.520. The maximum Gasteiger partial charge on any atom is -0.0277 e. The van der Waals surface area contributed by atoms with Gasteiger partial charge in [-0.25, -0.2) is 0 Å². The van der Waals surface area contributed by atoms with E-state index >= 15 is 0 Å². The number of hydrogen-bond donors (Lipinski definition) is 0. The lowest BCUT2D eigenvalue weighted by molar-refractivity contribution is 0.713. The molecular formula is C15H26. The van der Waals surface area contributed by atoms with Gasteiger partial charge in [-0.3, -0.25) is 0 Å². The van der Waals surface area contributed by atoms with Crippen molar-refractivity contribution >= 4 is 0 Å². The van der Waals surface area contributed by atoms with E-state index in [-0.39, 0.29) is 0 Å². The zero-order chi connectivity index (χ0) is 11.1. The smallest absolute Gasteiger partial charge is 0.0277 e. The van der Waals surface area contributed by atoms with Crippen molar-refractivity contribution in [1.82, 2.24) is 0 Å². The Morgan fingerprint density at radius 2 is 1.80 bits per heavy atom. The van der Waals surface area contributed by atoms with Crippen molar-refractivity contribution in [2.24, 2.45) is 0 Å². The van der Waals surface area contributed by atoms with E-state index in [2.05, 4.69) is 26.8 Å². The van der Waals surface area contributed by atoms with E-state index in [0.29, 0.717) is 0 Å². The molecule has 0 aromatic heterocycles. The van der Waals surface area contributed by atoms with Gasteiger partial charge in [-0.05, 0) is 44.1 Å². The van der Waals surface area contributed by atoms with Crippen molar-refractivity contribution in [3.05, 3.63) is 22.8 Å². The molecule has 0 bridgehead atoms. The van der Waals surface area contributed by atoms with E-state index in [1.165, 1.54) is 51.4 Å². The largest absolute Gasteiger partial charge is 0.0696 e. The number of hydrogen-bond acceptors (Lipinski definition) is 0. The Balaban J connectivity index is 2.64. The minimum Gasteiger partial charge on any atom is -0.0696 e. The van der Waals surface area contributed by atoms with Crippen molar-refractivity contribution in [3.8, 4) is 0 Å². The summed E-state index contributed by atoms with van der Waals surface area (Å²) in [6.45, 7) is 6.86. The molecule has 0 heteroatoms. The van der Waals surface area contributed by atoms with E-state index in [1.807, 2.05) is 0 Å². The topological polar surface area (TPSA) is 0 Å². The highest BCUT2D eigenvalue weighted by molar-refractivity contribution is 5.33. The van der Waals surface area contributed by atoms with Crippen LogP contribution in [0.5, 0.6) is 0 Å². The molecule has 0 fully saturated rings. The average Bonchev–Trinajstić information content (AvgIpc) is 2.28. The van der Waals surface area contributed by atoms with Crippen LogP contribution in [-0.4, -0.2) is 0 Å². The molecule has 0 nitrogen and oxygen atoms in total. The minimum atomic E-state index is 1.23. The standard InChI is InChI=1S/C15H26/c1-4-7-9-13-10-11-15(8-5-2)14(6-3)12-13/h12H,4-11H2,1-3H3. The number of unbranched alkanes of at least 4 members (excludes halogenated alkanes) is 1. The highest BCUT2D eigenvalue weighted by Crippen LogP contribution is 2.30. The summed E-state index contributed by atoms with van der Waals surface area (Å²) in [6, 6.07) is 0. The average molecular weight is 206 g/mol. The highest BCUT2D eigenvalue weighted by Gasteiger charge is 2.11. The summed E-state index contributed by atoms with van der Waals surface area (Å²) in [5, 5.41) is 0. The predicted molar refractivity (Wildman–Crippen MR) is 69.1 cm³/mol. The molecule has 86 valence electrons. The van der Waals surface area contributed by atoms with Crippen molar-refractivity contribution in [3.63, 3.8) is 0 Å². The molecule has 0 N–H and O–H groups in total. The second-order valence-electron chi connectivity index (χ2n) is 4.64. The zero-order valence-electron chi connectivity index (χ0n) is 10.7. The second kappa shape index (κ2) is 6.87. The van der Waals surface area contributed by atoms with Gasteiger partial charge in [0.2, 0.25) is 0 Å². The Kier molecular flexibility index (Phi) is 5.75. The van der Waals surface area contributed by atoms with Crippen LogP contribution in [0.25, 0.3) is 0 Å². The first-order valence-electron chi connectivity index (χ1n) is 6.72. The van der Waals surface area contributed by atoms with Gasteiger partial charge >= 0.3 is 0 Å². The fourth-order valence-corrected chi connectivity index (χ4v) is 2.43. The van der Waals surface area contributed by atoms with Gasteiger partial charge in [0.25, 0.3) is 0 Å². The van der Waals surface area contributed by atoms with Gasteiger partial charge < -0.3 is 0 Å². The van der Waals surface area contributed by atoms with Gasteiger partial charge in [0, 0.05) is 0 Å². The van der Waals surface area contributed by atoms with Crippen LogP contribution in [0.4, 0.5) is 0 Å². The Morgan fingerprint density at radius 1 is 1.00 bits per heavy atom. The summed E-state index contributed by atoms with van der Waals surface area (Å²) < 4.78 is 0. The molecule has 0 spiro atoms. The Morgan fingerprint density at radius 3 is 2.40 bits per heavy atom. The molecular weight excluding hydrogens is 180 g/mol. The van der Waals surface area contributed by atoms with Crippen LogP contribution in [0, 0.1) is 0 Å². The van der Waals surface area contributed by atoms with Crippen LogP contribution in [0.3, 0.4) is 0 Å². The van der Waals surface area contributed by atoms with Gasteiger partial charge in [0.15, 0.2) is 0 Å². The summed E-state index contributed by atoms with van der Waals surface area (Å²) in [4.78, 5) is 0. The third-order valence-electron chi connectivity index (χ3n) is 3.36. The molecule has 1 aliphatic carbocycles. The first-order chi connectivity index (χ1) is 7.31. The first kappa shape index (κ1) is 12.5. The normalized spacial score (nSPS) is 16.9. The highest BCUT2D eigenvalue weighted by atomic mass is 14.2. The van der Waals surface area contributed by atoms with Crippen LogP contribution in [0.2, 0.25) is 0 Å². The lowest BCUT2D eigenvalue weighted by atomic mass is 9.87. The van der Waals surface area contributed by atoms with E-state index in [9.17, 15) is 0 Å². The summed E-state index contributed by atoms with van der Waals surface area (Å²) >= 11 is 0. The first-order valence-corrected chi connectivity index (χ1v) is 6.72. The monoisotopic (exact) mass is 206 g/mol. The fourth-order valence-electron chi connectivity index (χ4n) is 2.43. The van der Waals surface area contributed by atoms with E-state index in [0.717, 1.165) is 0 Å². The molecule has 0 saturated heterocycles. The van der Waals surface area contributed by atoms with Crippen LogP contribution in [0.15, 0.2) is 22.8 Å². The van der Waals surface area contributed by atoms with Crippen LogP contribution in [0.1, 0.15) is 72.1 Å². The SMILES string of the molecule is CCCCC1=CC(CC)=C(CCC)CC1. The van der Waals surface area contributed by atoms with Crippen molar-refractivity contribution in [2.75, 3.05) is 0 Å². The molecule has 0 radical (unpaired) electrons. The summed E-state index contributed by atoms with van der Waals surface area (Å²) in [7, 11) is 0. The lowest BCUT2D eigenvalue weighted by Gasteiger charge is -2.19. The molecule has 1 rings (SSSR count).